The lowest BCUT2D eigenvalue weighted by molar-refractivity contribution is 0.161. The van der Waals surface area contributed by atoms with Crippen LogP contribution in [0.4, 0.5) is 0 Å². The first-order valence-corrected chi connectivity index (χ1v) is 7.30. The van der Waals surface area contributed by atoms with E-state index in [0.29, 0.717) is 0 Å². The van der Waals surface area contributed by atoms with E-state index in [1.54, 1.807) is 7.11 Å². The largest absolute Gasteiger partial charge is 0.497 e. The summed E-state index contributed by atoms with van der Waals surface area (Å²) in [5, 5.41) is 10.7. The summed E-state index contributed by atoms with van der Waals surface area (Å²) >= 11 is 0. The number of ether oxygens (including phenoxy) is 1. The zero-order valence-electron chi connectivity index (χ0n) is 12.6. The van der Waals surface area contributed by atoms with Crippen LogP contribution in [0.1, 0.15) is 36.5 Å². The Morgan fingerprint density at radius 2 is 1.67 bits per heavy atom. The van der Waals surface area contributed by atoms with E-state index >= 15 is 0 Å². The molecule has 1 N–H and O–H groups in total. The topological polar surface area (TPSA) is 29.5 Å². The lowest BCUT2D eigenvalue weighted by atomic mass is 9.88. The molecule has 2 unspecified atom stereocenters. The van der Waals surface area contributed by atoms with Crippen molar-refractivity contribution in [2.45, 2.75) is 25.4 Å². The Morgan fingerprint density at radius 3 is 2.24 bits per heavy atom. The standard InChI is InChI=1S/C19H22O2/c1-3-4-10-18(15-8-6-5-7-9-15)19(20)16-11-13-17(21-2)14-12-16/h4-14,18-20H,3H2,1-2H3/b10-4+. The minimum atomic E-state index is -0.568. The molecule has 0 saturated heterocycles. The van der Waals surface area contributed by atoms with Crippen molar-refractivity contribution in [1.82, 2.24) is 0 Å². The average molecular weight is 282 g/mol. The third-order valence-electron chi connectivity index (χ3n) is 3.56. The lowest BCUT2D eigenvalue weighted by Crippen LogP contribution is -2.09. The van der Waals surface area contributed by atoms with Crippen LogP contribution in [-0.4, -0.2) is 12.2 Å². The normalized spacial score (nSPS) is 14.0. The number of benzene rings is 2. The predicted molar refractivity (Wildman–Crippen MR) is 86.6 cm³/mol. The first-order chi connectivity index (χ1) is 10.3. The second-order valence-electron chi connectivity index (χ2n) is 4.99. The quantitative estimate of drug-likeness (QED) is 0.792. The van der Waals surface area contributed by atoms with E-state index in [1.807, 2.05) is 42.5 Å². The second kappa shape index (κ2) is 7.65. The SMILES string of the molecule is CC/C=C/C(c1ccccc1)C(O)c1ccc(OC)cc1. The van der Waals surface area contributed by atoms with Crippen molar-refractivity contribution in [2.24, 2.45) is 0 Å². The lowest BCUT2D eigenvalue weighted by Gasteiger charge is -2.21. The van der Waals surface area contributed by atoms with Crippen LogP contribution in [0.15, 0.2) is 66.7 Å². The molecule has 0 spiro atoms. The molecule has 2 nitrogen and oxygen atoms in total. The predicted octanol–water partition coefficient (Wildman–Crippen LogP) is 4.48. The highest BCUT2D eigenvalue weighted by Crippen LogP contribution is 2.33. The summed E-state index contributed by atoms with van der Waals surface area (Å²) in [5.74, 6) is 0.755. The monoisotopic (exact) mass is 282 g/mol. The number of methoxy groups -OCH3 is 1. The van der Waals surface area contributed by atoms with E-state index in [2.05, 4.69) is 31.2 Å². The van der Waals surface area contributed by atoms with Crippen LogP contribution >= 0.6 is 0 Å². The molecule has 0 radical (unpaired) electrons. The number of hydrogen-bond acceptors (Lipinski definition) is 2. The van der Waals surface area contributed by atoms with Crippen LogP contribution < -0.4 is 4.74 Å². The fourth-order valence-electron chi connectivity index (χ4n) is 2.37. The molecule has 2 aromatic carbocycles. The Balaban J connectivity index is 2.29. The maximum atomic E-state index is 10.7. The first-order valence-electron chi connectivity index (χ1n) is 7.30. The van der Waals surface area contributed by atoms with Gasteiger partial charge in [-0.2, -0.15) is 0 Å². The van der Waals surface area contributed by atoms with Crippen molar-refractivity contribution in [3.63, 3.8) is 0 Å². The molecule has 0 amide bonds. The molecule has 0 aliphatic heterocycles. The highest BCUT2D eigenvalue weighted by atomic mass is 16.5. The minimum absolute atomic E-state index is 0.0421. The van der Waals surface area contributed by atoms with E-state index in [0.717, 1.165) is 23.3 Å². The van der Waals surface area contributed by atoms with Gasteiger partial charge in [-0.3, -0.25) is 0 Å². The Bertz CT molecular complexity index is 558. The summed E-state index contributed by atoms with van der Waals surface area (Å²) in [7, 11) is 1.64. The van der Waals surface area contributed by atoms with E-state index in [-0.39, 0.29) is 5.92 Å². The van der Waals surface area contributed by atoms with Crippen molar-refractivity contribution < 1.29 is 9.84 Å². The Morgan fingerprint density at radius 1 is 1.00 bits per heavy atom. The Hall–Kier alpha value is -2.06. The molecule has 2 atom stereocenters. The molecule has 0 heterocycles. The molecule has 21 heavy (non-hydrogen) atoms. The Kier molecular flexibility index (Phi) is 5.59. The van der Waals surface area contributed by atoms with Gasteiger partial charge in [0.25, 0.3) is 0 Å². The molecule has 2 rings (SSSR count). The molecule has 0 aromatic heterocycles. The third-order valence-corrected chi connectivity index (χ3v) is 3.56. The van der Waals surface area contributed by atoms with Crippen LogP contribution in [0.2, 0.25) is 0 Å². The summed E-state index contributed by atoms with van der Waals surface area (Å²) in [6.45, 7) is 2.10. The Labute approximate surface area is 126 Å². The minimum Gasteiger partial charge on any atom is -0.497 e. The van der Waals surface area contributed by atoms with Gasteiger partial charge in [-0.05, 0) is 29.7 Å². The van der Waals surface area contributed by atoms with Crippen LogP contribution in [-0.2, 0) is 0 Å². The molecule has 2 aromatic rings. The summed E-state index contributed by atoms with van der Waals surface area (Å²) in [6.07, 6.45) is 4.58. The zero-order valence-corrected chi connectivity index (χ0v) is 12.6. The van der Waals surface area contributed by atoms with Gasteiger partial charge >= 0.3 is 0 Å². The zero-order chi connectivity index (χ0) is 15.1. The molecule has 0 aliphatic rings. The molecule has 110 valence electrons. The number of allylic oxidation sites excluding steroid dienone is 1. The second-order valence-corrected chi connectivity index (χ2v) is 4.99. The van der Waals surface area contributed by atoms with Crippen LogP contribution in [0, 0.1) is 0 Å². The summed E-state index contributed by atoms with van der Waals surface area (Å²) in [5.41, 5.74) is 2.01. The van der Waals surface area contributed by atoms with Crippen molar-refractivity contribution in [3.05, 3.63) is 77.9 Å². The van der Waals surface area contributed by atoms with Crippen LogP contribution in [0.3, 0.4) is 0 Å². The molecule has 0 bridgehead atoms. The smallest absolute Gasteiger partial charge is 0.118 e. The molecule has 0 fully saturated rings. The summed E-state index contributed by atoms with van der Waals surface area (Å²) in [6, 6.07) is 17.7. The molecule has 2 heteroatoms. The first kappa shape index (κ1) is 15.3. The fraction of sp³-hybridized carbons (Fsp3) is 0.263. The van der Waals surface area contributed by atoms with Gasteiger partial charge in [-0.1, -0.05) is 61.5 Å². The molecule has 0 aliphatic carbocycles. The van der Waals surface area contributed by atoms with Gasteiger partial charge < -0.3 is 9.84 Å². The van der Waals surface area contributed by atoms with Crippen molar-refractivity contribution >= 4 is 0 Å². The van der Waals surface area contributed by atoms with Crippen molar-refractivity contribution in [3.8, 4) is 5.75 Å². The number of aliphatic hydroxyl groups is 1. The maximum absolute atomic E-state index is 10.7. The van der Waals surface area contributed by atoms with E-state index in [4.69, 9.17) is 4.74 Å². The van der Waals surface area contributed by atoms with E-state index in [9.17, 15) is 5.11 Å². The number of rotatable bonds is 6. The van der Waals surface area contributed by atoms with Crippen LogP contribution in [0.5, 0.6) is 5.75 Å². The van der Waals surface area contributed by atoms with Crippen molar-refractivity contribution in [1.29, 1.82) is 0 Å². The van der Waals surface area contributed by atoms with Crippen LogP contribution in [0.25, 0.3) is 0 Å². The van der Waals surface area contributed by atoms with Gasteiger partial charge in [-0.15, -0.1) is 0 Å². The van der Waals surface area contributed by atoms with Gasteiger partial charge in [0, 0.05) is 5.92 Å². The van der Waals surface area contributed by atoms with Gasteiger partial charge in [0.2, 0.25) is 0 Å². The van der Waals surface area contributed by atoms with Gasteiger partial charge in [0.05, 0.1) is 13.2 Å². The molecular formula is C19H22O2. The van der Waals surface area contributed by atoms with Crippen molar-refractivity contribution in [2.75, 3.05) is 7.11 Å². The number of hydrogen-bond donors (Lipinski definition) is 1. The average Bonchev–Trinajstić information content (AvgIpc) is 2.56. The van der Waals surface area contributed by atoms with Gasteiger partial charge in [0.15, 0.2) is 0 Å². The number of aliphatic hydroxyl groups excluding tert-OH is 1. The van der Waals surface area contributed by atoms with Gasteiger partial charge in [0.1, 0.15) is 5.75 Å². The summed E-state index contributed by atoms with van der Waals surface area (Å²) < 4.78 is 5.16. The maximum Gasteiger partial charge on any atom is 0.118 e. The molecular weight excluding hydrogens is 260 g/mol. The van der Waals surface area contributed by atoms with Gasteiger partial charge in [-0.25, -0.2) is 0 Å². The molecule has 0 saturated carbocycles. The highest BCUT2D eigenvalue weighted by molar-refractivity contribution is 5.33. The fourth-order valence-corrected chi connectivity index (χ4v) is 2.37. The third kappa shape index (κ3) is 3.96. The highest BCUT2D eigenvalue weighted by Gasteiger charge is 2.20. The van der Waals surface area contributed by atoms with E-state index in [1.165, 1.54) is 0 Å². The van der Waals surface area contributed by atoms with E-state index < -0.39 is 6.10 Å². The summed E-state index contributed by atoms with van der Waals surface area (Å²) in [4.78, 5) is 0.